The van der Waals surface area contributed by atoms with E-state index in [1.807, 2.05) is 0 Å². The minimum absolute atomic E-state index is 0.00912. The fourth-order valence-electron chi connectivity index (χ4n) is 2.57. The van der Waals surface area contributed by atoms with Crippen LogP contribution in [-0.2, 0) is 23.9 Å². The summed E-state index contributed by atoms with van der Waals surface area (Å²) >= 11 is 0. The van der Waals surface area contributed by atoms with Crippen LogP contribution in [0, 0.1) is 5.92 Å². The third kappa shape index (κ3) is 5.86. The van der Waals surface area contributed by atoms with Crippen molar-refractivity contribution in [2.24, 2.45) is 11.7 Å². The van der Waals surface area contributed by atoms with Gasteiger partial charge >= 0.3 is 6.61 Å². The van der Waals surface area contributed by atoms with Gasteiger partial charge in [-0.25, -0.2) is 0 Å². The van der Waals surface area contributed by atoms with Crippen molar-refractivity contribution in [1.29, 1.82) is 0 Å². The van der Waals surface area contributed by atoms with Crippen molar-refractivity contribution in [2.45, 2.75) is 26.5 Å². The minimum Gasteiger partial charge on any atom is -0.433 e. The van der Waals surface area contributed by atoms with Gasteiger partial charge in [0.05, 0.1) is 12.3 Å². The van der Waals surface area contributed by atoms with Gasteiger partial charge in [0.25, 0.3) is 11.8 Å². The third-order valence-electron chi connectivity index (χ3n) is 4.08. The molecule has 1 heterocycles. The van der Waals surface area contributed by atoms with Crippen molar-refractivity contribution >= 4 is 35.0 Å². The highest BCUT2D eigenvalue weighted by atomic mass is 19.3. The molecule has 1 fully saturated rings. The van der Waals surface area contributed by atoms with Gasteiger partial charge in [-0.2, -0.15) is 8.78 Å². The zero-order chi connectivity index (χ0) is 22.4. The molecule has 0 bridgehead atoms. The molecule has 0 unspecified atom stereocenters. The van der Waals surface area contributed by atoms with Gasteiger partial charge in [-0.3, -0.25) is 19.2 Å². The molecule has 1 aliphatic heterocycles. The Morgan fingerprint density at radius 2 is 1.93 bits per heavy atom. The maximum Gasteiger partial charge on any atom is 0.387 e. The molecule has 0 aliphatic carbocycles. The molecular weight excluding hydrogens is 406 g/mol. The van der Waals surface area contributed by atoms with Gasteiger partial charge in [0.2, 0.25) is 11.8 Å². The number of halogens is 2. The number of benzene rings is 1. The van der Waals surface area contributed by atoms with Crippen molar-refractivity contribution in [2.75, 3.05) is 30.0 Å². The second-order valence-corrected chi connectivity index (χ2v) is 6.65. The van der Waals surface area contributed by atoms with Gasteiger partial charge in [0, 0.05) is 24.2 Å². The molecular formula is C18H22F2N4O6. The number of rotatable bonds is 8. The summed E-state index contributed by atoms with van der Waals surface area (Å²) in [5.41, 5.74) is 5.24. The number of nitrogens with zero attached hydrogens (tertiary/aromatic N) is 1. The first-order valence-corrected chi connectivity index (χ1v) is 8.97. The maximum absolute atomic E-state index is 12.9. The van der Waals surface area contributed by atoms with E-state index in [1.165, 1.54) is 17.0 Å². The average molecular weight is 428 g/mol. The van der Waals surface area contributed by atoms with Gasteiger partial charge in [0.15, 0.2) is 11.8 Å². The van der Waals surface area contributed by atoms with E-state index in [2.05, 4.69) is 15.4 Å². The van der Waals surface area contributed by atoms with E-state index in [0.29, 0.717) is 0 Å². The number of hydrogen-bond donors (Lipinski definition) is 3. The number of morpholine rings is 1. The molecule has 0 spiro atoms. The molecule has 0 saturated carbocycles. The number of alkyl halides is 2. The maximum atomic E-state index is 12.9. The lowest BCUT2D eigenvalue weighted by Crippen LogP contribution is -2.52. The van der Waals surface area contributed by atoms with E-state index in [9.17, 15) is 28.0 Å². The van der Waals surface area contributed by atoms with E-state index in [-0.39, 0.29) is 36.9 Å². The van der Waals surface area contributed by atoms with Crippen LogP contribution in [0.4, 0.5) is 20.2 Å². The van der Waals surface area contributed by atoms with Crippen LogP contribution in [-0.4, -0.2) is 56.0 Å². The van der Waals surface area contributed by atoms with Crippen molar-refractivity contribution in [1.82, 2.24) is 5.32 Å². The lowest BCUT2D eigenvalue weighted by atomic mass is 10.1. The fourth-order valence-corrected chi connectivity index (χ4v) is 2.57. The highest BCUT2D eigenvalue weighted by Crippen LogP contribution is 2.33. The number of hydrogen-bond acceptors (Lipinski definition) is 6. The molecule has 1 atom stereocenters. The smallest absolute Gasteiger partial charge is 0.387 e. The fraction of sp³-hybridized carbons (Fsp3) is 0.444. The largest absolute Gasteiger partial charge is 0.433 e. The Morgan fingerprint density at radius 1 is 1.23 bits per heavy atom. The molecule has 0 aromatic heterocycles. The monoisotopic (exact) mass is 428 g/mol. The number of primary amides is 1. The molecule has 1 saturated heterocycles. The predicted octanol–water partition coefficient (Wildman–Crippen LogP) is 0.216. The Balaban J connectivity index is 2.26. The second-order valence-electron chi connectivity index (χ2n) is 6.65. The Kier molecular flexibility index (Phi) is 7.64. The van der Waals surface area contributed by atoms with Crippen molar-refractivity contribution < 1.29 is 37.4 Å². The first-order chi connectivity index (χ1) is 14.1. The van der Waals surface area contributed by atoms with E-state index in [0.717, 1.165) is 6.07 Å². The summed E-state index contributed by atoms with van der Waals surface area (Å²) in [7, 11) is 0. The lowest BCUT2D eigenvalue weighted by Gasteiger charge is -2.28. The van der Waals surface area contributed by atoms with Crippen molar-refractivity contribution in [3.63, 3.8) is 0 Å². The summed E-state index contributed by atoms with van der Waals surface area (Å²) in [5.74, 6) is -3.94. The summed E-state index contributed by atoms with van der Waals surface area (Å²) in [6, 6.07) is 2.05. The second kappa shape index (κ2) is 9.96. The molecule has 10 nitrogen and oxygen atoms in total. The Morgan fingerprint density at radius 3 is 2.50 bits per heavy atom. The van der Waals surface area contributed by atoms with Crippen molar-refractivity contribution in [3.05, 3.63) is 18.2 Å². The van der Waals surface area contributed by atoms with Gasteiger partial charge in [-0.05, 0) is 12.1 Å². The molecule has 30 heavy (non-hydrogen) atoms. The normalized spacial score (nSPS) is 15.1. The van der Waals surface area contributed by atoms with E-state index in [1.54, 1.807) is 13.8 Å². The first-order valence-electron chi connectivity index (χ1n) is 8.97. The van der Waals surface area contributed by atoms with E-state index in [4.69, 9.17) is 10.5 Å². The van der Waals surface area contributed by atoms with Gasteiger partial charge < -0.3 is 30.7 Å². The zero-order valence-electron chi connectivity index (χ0n) is 16.3. The van der Waals surface area contributed by atoms with Crippen LogP contribution in [0.25, 0.3) is 0 Å². The van der Waals surface area contributed by atoms with E-state index < -0.39 is 42.2 Å². The van der Waals surface area contributed by atoms with E-state index >= 15 is 0 Å². The standard InChI is InChI=1S/C18H22F2N4O6/c1-9(2)16(27)23-14(15(21)26)17(28)22-10-3-4-11(12(7-10)30-18(19)20)24-5-6-29-8-13(24)25/h3-4,7,9,14,18H,5-6,8H2,1-2H3,(H2,21,26)(H,22,28)(H,23,27)/t14-/m1/s1. The predicted molar refractivity (Wildman–Crippen MR) is 101 cm³/mol. The van der Waals surface area contributed by atoms with Crippen LogP contribution in [0.3, 0.4) is 0 Å². The third-order valence-corrected chi connectivity index (χ3v) is 4.08. The SMILES string of the molecule is CC(C)C(=O)N[C@H](C(N)=O)C(=O)Nc1ccc(N2CCOCC2=O)c(OC(F)F)c1. The molecule has 1 aromatic rings. The number of nitrogens with one attached hydrogen (secondary N) is 2. The van der Waals surface area contributed by atoms with Crippen LogP contribution >= 0.6 is 0 Å². The summed E-state index contributed by atoms with van der Waals surface area (Å²) in [5, 5.41) is 4.52. The molecule has 12 heteroatoms. The Bertz CT molecular complexity index is 833. The summed E-state index contributed by atoms with van der Waals surface area (Å²) in [4.78, 5) is 49.0. The molecule has 0 radical (unpaired) electrons. The van der Waals surface area contributed by atoms with Crippen LogP contribution in [0.5, 0.6) is 5.75 Å². The van der Waals surface area contributed by atoms with Crippen LogP contribution in [0.2, 0.25) is 0 Å². The molecule has 4 amide bonds. The van der Waals surface area contributed by atoms with Gasteiger partial charge in [0.1, 0.15) is 6.61 Å². The Hall–Kier alpha value is -3.28. The topological polar surface area (TPSA) is 140 Å². The van der Waals surface area contributed by atoms with Crippen LogP contribution in [0.15, 0.2) is 18.2 Å². The van der Waals surface area contributed by atoms with Gasteiger partial charge in [-0.15, -0.1) is 0 Å². The minimum atomic E-state index is -3.19. The molecule has 1 aromatic carbocycles. The van der Waals surface area contributed by atoms with Gasteiger partial charge in [-0.1, -0.05) is 13.8 Å². The lowest BCUT2D eigenvalue weighted by molar-refractivity contribution is -0.134. The number of carbonyl (C=O) groups excluding carboxylic acids is 4. The summed E-state index contributed by atoms with van der Waals surface area (Å²) in [6.07, 6.45) is 0. The number of carbonyl (C=O) groups is 4. The highest BCUT2D eigenvalue weighted by Gasteiger charge is 2.28. The average Bonchev–Trinajstić information content (AvgIpc) is 2.66. The zero-order valence-corrected chi connectivity index (χ0v) is 16.3. The first kappa shape index (κ1) is 23.0. The van der Waals surface area contributed by atoms with Crippen LogP contribution in [0.1, 0.15) is 13.8 Å². The number of nitrogens with two attached hydrogens (primary N) is 1. The summed E-state index contributed by atoms with van der Waals surface area (Å²) < 4.78 is 35.2. The summed E-state index contributed by atoms with van der Waals surface area (Å²) in [6.45, 7) is 0.0798. The number of ether oxygens (including phenoxy) is 2. The van der Waals surface area contributed by atoms with Crippen LogP contribution < -0.4 is 26.0 Å². The molecule has 4 N–H and O–H groups in total. The molecule has 2 rings (SSSR count). The molecule has 164 valence electrons. The van der Waals surface area contributed by atoms with Crippen molar-refractivity contribution in [3.8, 4) is 5.75 Å². The molecule has 1 aliphatic rings. The number of amides is 4. The Labute approximate surface area is 170 Å². The quantitative estimate of drug-likeness (QED) is 0.506. The highest BCUT2D eigenvalue weighted by molar-refractivity contribution is 6.11. The number of anilines is 2.